The predicted octanol–water partition coefficient (Wildman–Crippen LogP) is 1.84. The molecule has 0 aliphatic carbocycles. The number of carbonyl (C=O) groups is 1. The molecule has 0 spiro atoms. The molecule has 1 amide bonds. The summed E-state index contributed by atoms with van der Waals surface area (Å²) in [5.41, 5.74) is -0.478. The number of hydrogen-bond donors (Lipinski definition) is 1. The Kier molecular flexibility index (Phi) is 5.98. The van der Waals surface area contributed by atoms with Gasteiger partial charge in [0.1, 0.15) is 5.82 Å². The molecule has 134 valence electrons. The van der Waals surface area contributed by atoms with Crippen molar-refractivity contribution in [3.8, 4) is 0 Å². The van der Waals surface area contributed by atoms with E-state index >= 15 is 0 Å². The molecule has 5 nitrogen and oxygen atoms in total. The van der Waals surface area contributed by atoms with Crippen molar-refractivity contribution >= 4 is 15.7 Å². The van der Waals surface area contributed by atoms with E-state index < -0.39 is 21.1 Å². The van der Waals surface area contributed by atoms with Crippen LogP contribution in [0.3, 0.4) is 0 Å². The third-order valence-corrected chi connectivity index (χ3v) is 6.33. The van der Waals surface area contributed by atoms with E-state index in [1.54, 1.807) is 0 Å². The van der Waals surface area contributed by atoms with Crippen LogP contribution in [0.2, 0.25) is 0 Å². The summed E-state index contributed by atoms with van der Waals surface area (Å²) < 4.78 is 37.3. The largest absolute Gasteiger partial charge is 0.355 e. The van der Waals surface area contributed by atoms with E-state index in [0.717, 1.165) is 38.1 Å². The first kappa shape index (κ1) is 18.9. The molecule has 2 rings (SSSR count). The fourth-order valence-electron chi connectivity index (χ4n) is 3.07. The first-order chi connectivity index (χ1) is 11.3. The number of carbonyl (C=O) groups excluding carboxylic acids is 1. The lowest BCUT2D eigenvalue weighted by molar-refractivity contribution is -0.133. The van der Waals surface area contributed by atoms with Crippen LogP contribution >= 0.6 is 0 Å². The Morgan fingerprint density at radius 1 is 1.33 bits per heavy atom. The highest BCUT2D eigenvalue weighted by Crippen LogP contribution is 2.29. The SMILES string of the molecule is CCN1CCC[C@](C)(C(=O)NCCS(=O)(=O)c2ccc(F)cc2)C1. The summed E-state index contributed by atoms with van der Waals surface area (Å²) in [4.78, 5) is 14.8. The highest BCUT2D eigenvalue weighted by molar-refractivity contribution is 7.91. The third kappa shape index (κ3) is 4.54. The van der Waals surface area contributed by atoms with Crippen molar-refractivity contribution in [1.82, 2.24) is 10.2 Å². The second-order valence-corrected chi connectivity index (χ2v) is 8.67. The Hall–Kier alpha value is -1.47. The zero-order valence-electron chi connectivity index (χ0n) is 14.2. The zero-order valence-corrected chi connectivity index (χ0v) is 15.0. The first-order valence-electron chi connectivity index (χ1n) is 8.26. The van der Waals surface area contributed by atoms with Crippen molar-refractivity contribution in [3.05, 3.63) is 30.1 Å². The predicted molar refractivity (Wildman–Crippen MR) is 90.9 cm³/mol. The Morgan fingerprint density at radius 2 is 2.00 bits per heavy atom. The van der Waals surface area contributed by atoms with Crippen LogP contribution in [0.1, 0.15) is 26.7 Å². The summed E-state index contributed by atoms with van der Waals surface area (Å²) in [7, 11) is -3.53. The van der Waals surface area contributed by atoms with Crippen molar-refractivity contribution in [2.75, 3.05) is 31.9 Å². The summed E-state index contributed by atoms with van der Waals surface area (Å²) in [6.45, 7) is 6.65. The van der Waals surface area contributed by atoms with Crippen LogP contribution in [-0.2, 0) is 14.6 Å². The second-order valence-electron chi connectivity index (χ2n) is 6.56. The summed E-state index contributed by atoms with van der Waals surface area (Å²) in [5, 5.41) is 2.76. The minimum absolute atomic E-state index is 0.0558. The normalized spacial score (nSPS) is 22.3. The standard InChI is InChI=1S/C17H25FN2O3S/c1-3-20-11-4-9-17(2,13-20)16(21)19-10-12-24(22,23)15-7-5-14(18)6-8-15/h5-8H,3-4,9-13H2,1-2H3,(H,19,21)/t17-/m0/s1. The molecular formula is C17H25FN2O3S. The van der Waals surface area contributed by atoms with E-state index in [0.29, 0.717) is 6.54 Å². The van der Waals surface area contributed by atoms with Crippen LogP contribution in [-0.4, -0.2) is 51.2 Å². The van der Waals surface area contributed by atoms with Gasteiger partial charge in [-0.25, -0.2) is 12.8 Å². The smallest absolute Gasteiger partial charge is 0.227 e. The molecule has 0 saturated carbocycles. The summed E-state index contributed by atoms with van der Waals surface area (Å²) in [6, 6.07) is 4.73. The number of nitrogens with zero attached hydrogens (tertiary/aromatic N) is 1. The molecule has 0 bridgehead atoms. The fraction of sp³-hybridized carbons (Fsp3) is 0.588. The van der Waals surface area contributed by atoms with Crippen molar-refractivity contribution in [1.29, 1.82) is 0 Å². The minimum Gasteiger partial charge on any atom is -0.355 e. The van der Waals surface area contributed by atoms with Gasteiger partial charge in [0.2, 0.25) is 5.91 Å². The Balaban J connectivity index is 1.91. The molecule has 1 aromatic rings. The Labute approximate surface area is 143 Å². The number of likely N-dealkylation sites (tertiary alicyclic amines) is 1. The molecule has 0 radical (unpaired) electrons. The molecule has 0 aromatic heterocycles. The van der Waals surface area contributed by atoms with Crippen molar-refractivity contribution < 1.29 is 17.6 Å². The van der Waals surface area contributed by atoms with E-state index in [4.69, 9.17) is 0 Å². The van der Waals surface area contributed by atoms with Crippen LogP contribution in [0.25, 0.3) is 0 Å². The quantitative estimate of drug-likeness (QED) is 0.790. The molecule has 1 aromatic carbocycles. The van der Waals surface area contributed by atoms with E-state index in [9.17, 15) is 17.6 Å². The van der Waals surface area contributed by atoms with E-state index in [2.05, 4.69) is 17.1 Å². The number of sulfone groups is 1. The van der Waals surface area contributed by atoms with Gasteiger partial charge < -0.3 is 10.2 Å². The van der Waals surface area contributed by atoms with Gasteiger partial charge >= 0.3 is 0 Å². The molecule has 1 N–H and O–H groups in total. The van der Waals surface area contributed by atoms with Crippen molar-refractivity contribution in [3.63, 3.8) is 0 Å². The lowest BCUT2D eigenvalue weighted by Crippen LogP contribution is -2.50. The van der Waals surface area contributed by atoms with Crippen molar-refractivity contribution in [2.45, 2.75) is 31.6 Å². The van der Waals surface area contributed by atoms with Gasteiger partial charge in [-0.3, -0.25) is 4.79 Å². The third-order valence-electron chi connectivity index (χ3n) is 4.60. The lowest BCUT2D eigenvalue weighted by Gasteiger charge is -2.38. The van der Waals surface area contributed by atoms with Gasteiger partial charge in [0.05, 0.1) is 16.1 Å². The molecule has 1 heterocycles. The monoisotopic (exact) mass is 356 g/mol. The van der Waals surface area contributed by atoms with Gasteiger partial charge in [0.15, 0.2) is 9.84 Å². The molecular weight excluding hydrogens is 331 g/mol. The lowest BCUT2D eigenvalue weighted by atomic mass is 9.81. The molecule has 1 fully saturated rings. The zero-order chi connectivity index (χ0) is 17.8. The van der Waals surface area contributed by atoms with E-state index in [1.807, 2.05) is 6.92 Å². The maximum atomic E-state index is 12.9. The highest BCUT2D eigenvalue weighted by atomic mass is 32.2. The van der Waals surface area contributed by atoms with Crippen molar-refractivity contribution in [2.24, 2.45) is 5.41 Å². The van der Waals surface area contributed by atoms with Gasteiger partial charge in [-0.15, -0.1) is 0 Å². The number of piperidine rings is 1. The number of amides is 1. The van der Waals surface area contributed by atoms with Gasteiger partial charge in [0.25, 0.3) is 0 Å². The fourth-order valence-corrected chi connectivity index (χ4v) is 4.23. The van der Waals surface area contributed by atoms with E-state index in [1.165, 1.54) is 12.1 Å². The average Bonchev–Trinajstić information content (AvgIpc) is 2.55. The summed E-state index contributed by atoms with van der Waals surface area (Å²) >= 11 is 0. The molecule has 24 heavy (non-hydrogen) atoms. The van der Waals surface area contributed by atoms with Gasteiger partial charge in [0, 0.05) is 13.1 Å². The molecule has 1 saturated heterocycles. The number of hydrogen-bond acceptors (Lipinski definition) is 4. The number of nitrogens with one attached hydrogen (secondary N) is 1. The Morgan fingerprint density at radius 3 is 2.62 bits per heavy atom. The summed E-state index contributed by atoms with van der Waals surface area (Å²) in [6.07, 6.45) is 1.77. The van der Waals surface area contributed by atoms with Gasteiger partial charge in [-0.1, -0.05) is 6.92 Å². The molecule has 1 aliphatic rings. The number of rotatable bonds is 6. The molecule has 0 unspecified atom stereocenters. The van der Waals surface area contributed by atoms with Crippen LogP contribution in [0.15, 0.2) is 29.2 Å². The topological polar surface area (TPSA) is 66.5 Å². The maximum Gasteiger partial charge on any atom is 0.227 e. The summed E-state index contributed by atoms with van der Waals surface area (Å²) in [5.74, 6) is -0.777. The maximum absolute atomic E-state index is 12.9. The minimum atomic E-state index is -3.53. The van der Waals surface area contributed by atoms with Gasteiger partial charge in [-0.2, -0.15) is 0 Å². The molecule has 1 atom stereocenters. The van der Waals surface area contributed by atoms with Crippen LogP contribution in [0.5, 0.6) is 0 Å². The second kappa shape index (κ2) is 7.61. The van der Waals surface area contributed by atoms with E-state index in [-0.39, 0.29) is 23.1 Å². The highest BCUT2D eigenvalue weighted by Gasteiger charge is 2.37. The van der Waals surface area contributed by atoms with Crippen LogP contribution < -0.4 is 5.32 Å². The van der Waals surface area contributed by atoms with Crippen LogP contribution in [0, 0.1) is 11.2 Å². The first-order valence-corrected chi connectivity index (χ1v) is 9.91. The Bertz CT molecular complexity index is 676. The van der Waals surface area contributed by atoms with Crippen LogP contribution in [0.4, 0.5) is 4.39 Å². The molecule has 7 heteroatoms. The van der Waals surface area contributed by atoms with Gasteiger partial charge in [-0.05, 0) is 57.1 Å². The average molecular weight is 356 g/mol. The number of halogens is 1. The number of benzene rings is 1. The molecule has 1 aliphatic heterocycles.